The van der Waals surface area contributed by atoms with Gasteiger partial charge in [-0.25, -0.2) is 0 Å². The summed E-state index contributed by atoms with van der Waals surface area (Å²) >= 11 is 0. The van der Waals surface area contributed by atoms with Gasteiger partial charge in [0.15, 0.2) is 0 Å². The van der Waals surface area contributed by atoms with Gasteiger partial charge in [0, 0.05) is 18.9 Å². The molecule has 3 unspecified atom stereocenters. The smallest absolute Gasteiger partial charge is 0.303 e. The maximum atomic E-state index is 10.3. The van der Waals surface area contributed by atoms with Crippen molar-refractivity contribution in [1.29, 1.82) is 0 Å². The van der Waals surface area contributed by atoms with Crippen LogP contribution in [0.25, 0.3) is 0 Å². The van der Waals surface area contributed by atoms with Crippen molar-refractivity contribution in [3.63, 3.8) is 0 Å². The average Bonchev–Trinajstić information content (AvgIpc) is 2.29. The van der Waals surface area contributed by atoms with Gasteiger partial charge in [-0.05, 0) is 18.8 Å². The first kappa shape index (κ1) is 9.48. The lowest BCUT2D eigenvalue weighted by atomic mass is 10.0. The molecule has 0 saturated heterocycles. The molecule has 0 aromatic heterocycles. The number of carboxylic acid groups (broad SMARTS) is 1. The van der Waals surface area contributed by atoms with Crippen molar-refractivity contribution in [2.45, 2.75) is 25.4 Å². The van der Waals surface area contributed by atoms with Crippen LogP contribution >= 0.6 is 0 Å². The SMILES string of the molecule is O=C(O)CC1CC(O)C(CO)C1. The van der Waals surface area contributed by atoms with Gasteiger partial charge in [-0.1, -0.05) is 0 Å². The third kappa shape index (κ3) is 2.19. The highest BCUT2D eigenvalue weighted by Crippen LogP contribution is 2.32. The molecule has 3 N–H and O–H groups in total. The molecule has 1 saturated carbocycles. The molecule has 4 nitrogen and oxygen atoms in total. The van der Waals surface area contributed by atoms with Crippen molar-refractivity contribution >= 4 is 5.97 Å². The maximum absolute atomic E-state index is 10.3. The fourth-order valence-corrected chi connectivity index (χ4v) is 1.83. The van der Waals surface area contributed by atoms with E-state index in [0.717, 1.165) is 0 Å². The Kier molecular flexibility index (Phi) is 3.05. The molecule has 3 atom stereocenters. The highest BCUT2D eigenvalue weighted by atomic mass is 16.4. The lowest BCUT2D eigenvalue weighted by Gasteiger charge is -2.08. The van der Waals surface area contributed by atoms with Gasteiger partial charge < -0.3 is 15.3 Å². The highest BCUT2D eigenvalue weighted by molar-refractivity contribution is 5.67. The van der Waals surface area contributed by atoms with E-state index in [1.165, 1.54) is 0 Å². The quantitative estimate of drug-likeness (QED) is 0.555. The summed E-state index contributed by atoms with van der Waals surface area (Å²) in [6.45, 7) is -0.0444. The summed E-state index contributed by atoms with van der Waals surface area (Å²) in [6.07, 6.45) is 0.731. The first-order valence-electron chi connectivity index (χ1n) is 4.14. The molecule has 0 aliphatic heterocycles. The second kappa shape index (κ2) is 3.87. The van der Waals surface area contributed by atoms with Crippen LogP contribution in [-0.2, 0) is 4.79 Å². The van der Waals surface area contributed by atoms with Crippen molar-refractivity contribution in [3.05, 3.63) is 0 Å². The van der Waals surface area contributed by atoms with Crippen LogP contribution in [0.1, 0.15) is 19.3 Å². The molecule has 4 heteroatoms. The van der Waals surface area contributed by atoms with Crippen LogP contribution in [0.5, 0.6) is 0 Å². The lowest BCUT2D eigenvalue weighted by molar-refractivity contribution is -0.138. The first-order valence-corrected chi connectivity index (χ1v) is 4.14. The van der Waals surface area contributed by atoms with Crippen molar-refractivity contribution in [2.24, 2.45) is 11.8 Å². The van der Waals surface area contributed by atoms with Gasteiger partial charge in [-0.2, -0.15) is 0 Å². The third-order valence-corrected chi connectivity index (χ3v) is 2.45. The van der Waals surface area contributed by atoms with Crippen molar-refractivity contribution in [1.82, 2.24) is 0 Å². The molecule has 0 amide bonds. The van der Waals surface area contributed by atoms with Gasteiger partial charge in [0.2, 0.25) is 0 Å². The molecule has 0 heterocycles. The van der Waals surface area contributed by atoms with Crippen LogP contribution in [0.4, 0.5) is 0 Å². The molecule has 1 fully saturated rings. The number of aliphatic hydroxyl groups is 2. The standard InChI is InChI=1S/C8H14O4/c9-4-6-1-5(2-7(6)10)3-8(11)12/h5-7,9-10H,1-4H2,(H,11,12). The van der Waals surface area contributed by atoms with Crippen molar-refractivity contribution < 1.29 is 20.1 Å². The minimum Gasteiger partial charge on any atom is -0.481 e. The van der Waals surface area contributed by atoms with Crippen LogP contribution < -0.4 is 0 Å². The zero-order chi connectivity index (χ0) is 9.14. The van der Waals surface area contributed by atoms with E-state index >= 15 is 0 Å². The van der Waals surface area contributed by atoms with Crippen LogP contribution in [0, 0.1) is 11.8 Å². The molecule has 70 valence electrons. The maximum Gasteiger partial charge on any atom is 0.303 e. The third-order valence-electron chi connectivity index (χ3n) is 2.45. The molecule has 0 aromatic rings. The van der Waals surface area contributed by atoms with E-state index in [1.54, 1.807) is 0 Å². The number of aliphatic carboxylic acids is 1. The molecule has 1 aliphatic rings. The molecule has 12 heavy (non-hydrogen) atoms. The normalized spacial score (nSPS) is 35.3. The van der Waals surface area contributed by atoms with E-state index in [4.69, 9.17) is 10.2 Å². The second-order valence-corrected chi connectivity index (χ2v) is 3.45. The summed E-state index contributed by atoms with van der Waals surface area (Å²) in [5.41, 5.74) is 0. The summed E-state index contributed by atoms with van der Waals surface area (Å²) in [5, 5.41) is 26.6. The van der Waals surface area contributed by atoms with E-state index in [1.807, 2.05) is 0 Å². The summed E-state index contributed by atoms with van der Waals surface area (Å²) in [6, 6.07) is 0. The van der Waals surface area contributed by atoms with E-state index in [9.17, 15) is 9.90 Å². The summed E-state index contributed by atoms with van der Waals surface area (Å²) in [7, 11) is 0. The minimum absolute atomic E-state index is 0.0367. The summed E-state index contributed by atoms with van der Waals surface area (Å²) in [5.74, 6) is -0.908. The van der Waals surface area contributed by atoms with Gasteiger partial charge in [-0.15, -0.1) is 0 Å². The largest absolute Gasteiger partial charge is 0.481 e. The number of hydrogen-bond acceptors (Lipinski definition) is 3. The predicted octanol–water partition coefficient (Wildman–Crippen LogP) is -0.160. The molecule has 0 radical (unpaired) electrons. The van der Waals surface area contributed by atoms with E-state index in [2.05, 4.69) is 0 Å². The minimum atomic E-state index is -0.828. The first-order chi connectivity index (χ1) is 5.63. The Morgan fingerprint density at radius 1 is 1.42 bits per heavy atom. The average molecular weight is 174 g/mol. The van der Waals surface area contributed by atoms with Gasteiger partial charge in [-0.3, -0.25) is 4.79 Å². The Morgan fingerprint density at radius 2 is 2.08 bits per heavy atom. The zero-order valence-electron chi connectivity index (χ0n) is 6.81. The Labute approximate surface area is 70.8 Å². The molecule has 0 bridgehead atoms. The van der Waals surface area contributed by atoms with E-state index in [0.29, 0.717) is 12.8 Å². The Hall–Kier alpha value is -0.610. The second-order valence-electron chi connectivity index (χ2n) is 3.45. The Bertz CT molecular complexity index is 168. The summed E-state index contributed by atoms with van der Waals surface area (Å²) < 4.78 is 0. The lowest BCUT2D eigenvalue weighted by Crippen LogP contribution is -2.16. The molecule has 1 rings (SSSR count). The Morgan fingerprint density at radius 3 is 2.50 bits per heavy atom. The fourth-order valence-electron chi connectivity index (χ4n) is 1.83. The molecular weight excluding hydrogens is 160 g/mol. The number of carboxylic acids is 1. The highest BCUT2D eigenvalue weighted by Gasteiger charge is 2.33. The van der Waals surface area contributed by atoms with Crippen LogP contribution in [-0.4, -0.2) is 34.0 Å². The predicted molar refractivity (Wildman–Crippen MR) is 41.6 cm³/mol. The summed E-state index contributed by atoms with van der Waals surface area (Å²) in [4.78, 5) is 10.3. The monoisotopic (exact) mass is 174 g/mol. The van der Waals surface area contributed by atoms with Crippen molar-refractivity contribution in [2.75, 3.05) is 6.61 Å². The van der Waals surface area contributed by atoms with Crippen LogP contribution in [0.2, 0.25) is 0 Å². The van der Waals surface area contributed by atoms with Crippen LogP contribution in [0.15, 0.2) is 0 Å². The van der Waals surface area contributed by atoms with Gasteiger partial charge in [0.1, 0.15) is 0 Å². The fraction of sp³-hybridized carbons (Fsp3) is 0.875. The van der Waals surface area contributed by atoms with Gasteiger partial charge in [0.05, 0.1) is 6.10 Å². The van der Waals surface area contributed by atoms with Gasteiger partial charge >= 0.3 is 5.97 Å². The number of rotatable bonds is 3. The number of aliphatic hydroxyl groups excluding tert-OH is 2. The molecule has 1 aliphatic carbocycles. The Balaban J connectivity index is 2.37. The van der Waals surface area contributed by atoms with E-state index in [-0.39, 0.29) is 24.9 Å². The molecule has 0 spiro atoms. The topological polar surface area (TPSA) is 77.8 Å². The van der Waals surface area contributed by atoms with Crippen molar-refractivity contribution in [3.8, 4) is 0 Å². The van der Waals surface area contributed by atoms with Crippen LogP contribution in [0.3, 0.4) is 0 Å². The number of hydrogen-bond donors (Lipinski definition) is 3. The van der Waals surface area contributed by atoms with E-state index < -0.39 is 12.1 Å². The van der Waals surface area contributed by atoms with Gasteiger partial charge in [0.25, 0.3) is 0 Å². The number of carbonyl (C=O) groups is 1. The molecular formula is C8H14O4. The zero-order valence-corrected chi connectivity index (χ0v) is 6.81. The molecule has 0 aromatic carbocycles.